The summed E-state index contributed by atoms with van der Waals surface area (Å²) >= 11 is 6.90. The van der Waals surface area contributed by atoms with Crippen LogP contribution in [0.1, 0.15) is 17.2 Å². The minimum Gasteiger partial charge on any atom is -0.397 e. The fourth-order valence-corrected chi connectivity index (χ4v) is 3.61. The van der Waals surface area contributed by atoms with E-state index in [1.807, 2.05) is 30.3 Å². The van der Waals surface area contributed by atoms with Crippen molar-refractivity contribution in [1.82, 2.24) is 0 Å². The quantitative estimate of drug-likeness (QED) is 0.706. The predicted molar refractivity (Wildman–Crippen MR) is 75.8 cm³/mol. The Labute approximate surface area is 116 Å². The Morgan fingerprint density at radius 1 is 1.12 bits per heavy atom. The lowest BCUT2D eigenvalue weighted by Gasteiger charge is -2.11. The van der Waals surface area contributed by atoms with Crippen LogP contribution < -0.4 is 5.73 Å². The third-order valence-corrected chi connectivity index (χ3v) is 4.62. The van der Waals surface area contributed by atoms with E-state index in [9.17, 15) is 5.11 Å². The first kappa shape index (κ1) is 11.3. The average Bonchev–Trinajstić information content (AvgIpc) is 2.61. The molecule has 0 amide bonds. The topological polar surface area (TPSA) is 46.2 Å². The molecule has 0 bridgehead atoms. The molecule has 17 heavy (non-hydrogen) atoms. The molecular weight excluding hydrogens is 346 g/mol. The van der Waals surface area contributed by atoms with Gasteiger partial charge in [-0.2, -0.15) is 0 Å². The molecule has 0 unspecified atom stereocenters. The largest absolute Gasteiger partial charge is 0.397 e. The van der Waals surface area contributed by atoms with Gasteiger partial charge < -0.3 is 10.8 Å². The van der Waals surface area contributed by atoms with Gasteiger partial charge in [0.1, 0.15) is 6.10 Å². The molecule has 0 fully saturated rings. The van der Waals surface area contributed by atoms with Crippen LogP contribution in [0.2, 0.25) is 0 Å². The molecule has 0 spiro atoms. The van der Waals surface area contributed by atoms with E-state index in [1.165, 1.54) is 0 Å². The lowest BCUT2D eigenvalue weighted by Crippen LogP contribution is -1.98. The number of hydrogen-bond donors (Lipinski definition) is 2. The zero-order chi connectivity index (χ0) is 12.2. The van der Waals surface area contributed by atoms with Gasteiger partial charge in [0.05, 0.1) is 5.69 Å². The highest BCUT2D eigenvalue weighted by Gasteiger charge is 2.30. The lowest BCUT2D eigenvalue weighted by molar-refractivity contribution is 0.224. The molecule has 1 aliphatic rings. The van der Waals surface area contributed by atoms with Gasteiger partial charge in [0.15, 0.2) is 0 Å². The fourth-order valence-electron chi connectivity index (χ4n) is 2.28. The van der Waals surface area contributed by atoms with E-state index in [2.05, 4.69) is 31.9 Å². The Morgan fingerprint density at radius 3 is 2.59 bits per heavy atom. The zero-order valence-corrected chi connectivity index (χ0v) is 11.9. The number of fused-ring (bicyclic) bond motifs is 3. The van der Waals surface area contributed by atoms with E-state index >= 15 is 0 Å². The van der Waals surface area contributed by atoms with E-state index in [1.54, 1.807) is 0 Å². The molecule has 0 aliphatic heterocycles. The number of halogens is 2. The van der Waals surface area contributed by atoms with Gasteiger partial charge in [-0.15, -0.1) is 0 Å². The van der Waals surface area contributed by atoms with Crippen LogP contribution in [0.15, 0.2) is 39.3 Å². The first-order valence-electron chi connectivity index (χ1n) is 5.16. The van der Waals surface area contributed by atoms with Crippen LogP contribution in [0.4, 0.5) is 5.69 Å². The first-order valence-corrected chi connectivity index (χ1v) is 6.74. The molecule has 86 valence electrons. The third-order valence-electron chi connectivity index (χ3n) is 3.11. The summed E-state index contributed by atoms with van der Waals surface area (Å²) in [6.45, 7) is 0. The number of benzene rings is 2. The van der Waals surface area contributed by atoms with Gasteiger partial charge in [0.25, 0.3) is 0 Å². The van der Waals surface area contributed by atoms with Crippen LogP contribution >= 0.6 is 31.9 Å². The number of anilines is 1. The second-order valence-electron chi connectivity index (χ2n) is 4.04. The summed E-state index contributed by atoms with van der Waals surface area (Å²) in [7, 11) is 0. The highest BCUT2D eigenvalue weighted by Crippen LogP contribution is 2.49. The summed E-state index contributed by atoms with van der Waals surface area (Å²) < 4.78 is 1.61. The normalized spacial score (nSPS) is 16.8. The molecule has 1 aliphatic carbocycles. The summed E-state index contributed by atoms with van der Waals surface area (Å²) in [4.78, 5) is 0. The molecule has 3 rings (SSSR count). The van der Waals surface area contributed by atoms with Gasteiger partial charge in [-0.25, -0.2) is 0 Å². The molecular formula is C13H9Br2NO. The Kier molecular flexibility index (Phi) is 2.54. The smallest absolute Gasteiger partial charge is 0.106 e. The van der Waals surface area contributed by atoms with Crippen LogP contribution in [0.5, 0.6) is 0 Å². The summed E-state index contributed by atoms with van der Waals surface area (Å²) in [6, 6.07) is 9.82. The Bertz CT molecular complexity index is 625. The molecule has 0 aromatic heterocycles. The molecule has 0 heterocycles. The van der Waals surface area contributed by atoms with Crippen molar-refractivity contribution in [2.24, 2.45) is 0 Å². The van der Waals surface area contributed by atoms with E-state index in [0.717, 1.165) is 31.2 Å². The summed E-state index contributed by atoms with van der Waals surface area (Å²) in [5.74, 6) is 0. The van der Waals surface area contributed by atoms with Crippen LogP contribution in [-0.2, 0) is 0 Å². The first-order chi connectivity index (χ1) is 8.11. The van der Waals surface area contributed by atoms with Gasteiger partial charge in [-0.3, -0.25) is 0 Å². The molecule has 1 atom stereocenters. The maximum atomic E-state index is 10.3. The van der Waals surface area contributed by atoms with Crippen molar-refractivity contribution < 1.29 is 5.11 Å². The summed E-state index contributed by atoms with van der Waals surface area (Å²) in [6.07, 6.45) is -0.606. The van der Waals surface area contributed by atoms with Crippen LogP contribution in [0.3, 0.4) is 0 Å². The fraction of sp³-hybridized carbons (Fsp3) is 0.0769. The number of nitrogens with two attached hydrogens (primary N) is 1. The molecule has 0 saturated heterocycles. The number of rotatable bonds is 0. The summed E-state index contributed by atoms with van der Waals surface area (Å²) in [5.41, 5.74) is 10.4. The number of nitrogen functional groups attached to an aromatic ring is 1. The van der Waals surface area contributed by atoms with Crippen molar-refractivity contribution in [3.63, 3.8) is 0 Å². The third kappa shape index (κ3) is 1.48. The number of aliphatic hydroxyl groups is 1. The van der Waals surface area contributed by atoms with Gasteiger partial charge in [0.2, 0.25) is 0 Å². The maximum absolute atomic E-state index is 10.3. The SMILES string of the molecule is Nc1c(Br)cc2c(c1Br)[C@H](O)c1ccccc1-2. The van der Waals surface area contributed by atoms with E-state index in [0.29, 0.717) is 5.69 Å². The highest BCUT2D eigenvalue weighted by molar-refractivity contribution is 9.11. The standard InChI is InChI=1S/C13H9Br2NO/c14-9-5-8-6-3-1-2-4-7(6)13(17)10(8)11(15)12(9)16/h1-5,13,17H,16H2/t13-/m1/s1. The molecule has 0 saturated carbocycles. The maximum Gasteiger partial charge on any atom is 0.106 e. The second kappa shape index (κ2) is 3.83. The van der Waals surface area contributed by atoms with Crippen molar-refractivity contribution >= 4 is 37.5 Å². The lowest BCUT2D eigenvalue weighted by atomic mass is 10.1. The van der Waals surface area contributed by atoms with Crippen LogP contribution in [-0.4, -0.2) is 5.11 Å². The Hall–Kier alpha value is -0.840. The molecule has 2 aromatic rings. The van der Waals surface area contributed by atoms with Gasteiger partial charge >= 0.3 is 0 Å². The van der Waals surface area contributed by atoms with Crippen molar-refractivity contribution in [1.29, 1.82) is 0 Å². The summed E-state index contributed by atoms with van der Waals surface area (Å²) in [5, 5.41) is 10.3. The minimum absolute atomic E-state index is 0.606. The Morgan fingerprint density at radius 2 is 1.82 bits per heavy atom. The average molecular weight is 355 g/mol. The molecule has 2 aromatic carbocycles. The highest BCUT2D eigenvalue weighted by atomic mass is 79.9. The minimum atomic E-state index is -0.606. The monoisotopic (exact) mass is 353 g/mol. The molecule has 3 N–H and O–H groups in total. The van der Waals surface area contributed by atoms with E-state index < -0.39 is 6.10 Å². The predicted octanol–water partition coefficient (Wildman–Crippen LogP) is 3.86. The molecule has 2 nitrogen and oxygen atoms in total. The molecule has 0 radical (unpaired) electrons. The number of hydrogen-bond acceptors (Lipinski definition) is 2. The van der Waals surface area contributed by atoms with Crippen LogP contribution in [0.25, 0.3) is 11.1 Å². The van der Waals surface area contributed by atoms with Crippen molar-refractivity contribution in [3.8, 4) is 11.1 Å². The Balaban J connectivity index is 2.39. The zero-order valence-electron chi connectivity index (χ0n) is 8.74. The van der Waals surface area contributed by atoms with Gasteiger partial charge in [0, 0.05) is 14.5 Å². The van der Waals surface area contributed by atoms with Crippen molar-refractivity contribution in [3.05, 3.63) is 50.4 Å². The van der Waals surface area contributed by atoms with Crippen molar-refractivity contribution in [2.75, 3.05) is 5.73 Å². The van der Waals surface area contributed by atoms with Gasteiger partial charge in [-0.1, -0.05) is 24.3 Å². The number of aliphatic hydroxyl groups excluding tert-OH is 1. The van der Waals surface area contributed by atoms with Gasteiger partial charge in [-0.05, 0) is 54.6 Å². The van der Waals surface area contributed by atoms with Crippen LogP contribution in [0, 0.1) is 0 Å². The van der Waals surface area contributed by atoms with E-state index in [4.69, 9.17) is 5.73 Å². The second-order valence-corrected chi connectivity index (χ2v) is 5.68. The molecule has 4 heteroatoms. The van der Waals surface area contributed by atoms with E-state index in [-0.39, 0.29) is 0 Å². The van der Waals surface area contributed by atoms with Crippen molar-refractivity contribution in [2.45, 2.75) is 6.10 Å².